The molecule has 2 N–H and O–H groups in total. The van der Waals surface area contributed by atoms with Crippen LogP contribution in [0.1, 0.15) is 32.2 Å². The van der Waals surface area contributed by atoms with Crippen LogP contribution in [0.25, 0.3) is 11.1 Å². The Morgan fingerprint density at radius 1 is 1.19 bits per heavy atom. The Labute approximate surface area is 172 Å². The van der Waals surface area contributed by atoms with Crippen molar-refractivity contribution in [3.8, 4) is 0 Å². The maximum atomic E-state index is 15.6. The minimum absolute atomic E-state index is 0.00777. The summed E-state index contributed by atoms with van der Waals surface area (Å²) in [6.45, 7) is 1.43. The first-order chi connectivity index (χ1) is 14.5. The maximum Gasteiger partial charge on any atom is 0.329 e. The first-order valence-corrected chi connectivity index (χ1v) is 10.3. The van der Waals surface area contributed by atoms with E-state index in [-0.39, 0.29) is 30.1 Å². The molecule has 4 aliphatic rings. The number of H-pyrrole nitrogens is 1. The molecule has 1 aromatic rings. The Morgan fingerprint density at radius 3 is 2.45 bits per heavy atom. The number of hydrogen-bond acceptors (Lipinski definition) is 4. The Bertz CT molecular complexity index is 1170. The molecule has 2 heterocycles. The van der Waals surface area contributed by atoms with Crippen LogP contribution < -0.4 is 21.8 Å². The Balaban J connectivity index is 1.68. The molecule has 31 heavy (non-hydrogen) atoms. The zero-order valence-electron chi connectivity index (χ0n) is 16.6. The van der Waals surface area contributed by atoms with E-state index >= 15 is 4.39 Å². The van der Waals surface area contributed by atoms with Crippen molar-refractivity contribution in [3.63, 3.8) is 0 Å². The van der Waals surface area contributed by atoms with Crippen LogP contribution in [0.15, 0.2) is 9.59 Å². The highest BCUT2D eigenvalue weighted by Crippen LogP contribution is 2.48. The van der Waals surface area contributed by atoms with Gasteiger partial charge in [0, 0.05) is 37.0 Å². The molecular formula is C20H22F5N3O3. The van der Waals surface area contributed by atoms with Crippen molar-refractivity contribution in [1.82, 2.24) is 14.5 Å². The van der Waals surface area contributed by atoms with E-state index in [1.807, 2.05) is 4.98 Å². The number of halogens is 5. The molecule has 6 nitrogen and oxygen atoms in total. The molecule has 11 heteroatoms. The molecule has 5 rings (SSSR count). The molecule has 1 aliphatic heterocycles. The van der Waals surface area contributed by atoms with E-state index in [4.69, 9.17) is 0 Å². The number of aliphatic hydroxyl groups is 1. The quantitative estimate of drug-likeness (QED) is 0.646. The predicted octanol–water partition coefficient (Wildman–Crippen LogP) is 0.126. The van der Waals surface area contributed by atoms with Gasteiger partial charge in [-0.1, -0.05) is 0 Å². The van der Waals surface area contributed by atoms with E-state index in [0.29, 0.717) is 12.8 Å². The highest BCUT2D eigenvalue weighted by Gasteiger charge is 2.59. The SMILES string of the molecule is CC1=c2c(c(=O)[nH]c(=O)n2C2CC2)=C(C(F)F)C(F)C1N1CC2CC(F)(F)C(O)C2C1. The van der Waals surface area contributed by atoms with Crippen LogP contribution in [-0.4, -0.2) is 63.3 Å². The van der Waals surface area contributed by atoms with Gasteiger partial charge in [0.1, 0.15) is 12.3 Å². The molecule has 0 amide bonds. The fourth-order valence-corrected chi connectivity index (χ4v) is 5.76. The minimum atomic E-state index is -3.27. The third-order valence-electron chi connectivity index (χ3n) is 7.26. The maximum absolute atomic E-state index is 15.6. The van der Waals surface area contributed by atoms with Gasteiger partial charge in [0.05, 0.1) is 16.6 Å². The molecule has 5 atom stereocenters. The van der Waals surface area contributed by atoms with E-state index in [1.165, 1.54) is 16.4 Å². The molecule has 0 radical (unpaired) electrons. The number of nitrogens with one attached hydrogen (secondary N) is 1. The number of hydrogen-bond donors (Lipinski definition) is 2. The van der Waals surface area contributed by atoms with Gasteiger partial charge in [-0.15, -0.1) is 0 Å². The van der Waals surface area contributed by atoms with Crippen LogP contribution in [0.5, 0.6) is 0 Å². The van der Waals surface area contributed by atoms with Crippen molar-refractivity contribution in [2.45, 2.75) is 62.9 Å². The van der Waals surface area contributed by atoms with Gasteiger partial charge in [0.25, 0.3) is 17.9 Å². The summed E-state index contributed by atoms with van der Waals surface area (Å²) in [6.07, 6.45) is -6.67. The van der Waals surface area contributed by atoms with Crippen LogP contribution in [0.2, 0.25) is 0 Å². The summed E-state index contributed by atoms with van der Waals surface area (Å²) in [5, 5.41) is 9.48. The molecule has 0 spiro atoms. The molecule has 0 aromatic carbocycles. The van der Waals surface area contributed by atoms with Crippen molar-refractivity contribution in [3.05, 3.63) is 31.4 Å². The average molecular weight is 447 g/mol. The predicted molar refractivity (Wildman–Crippen MR) is 100 cm³/mol. The van der Waals surface area contributed by atoms with Gasteiger partial charge in [0.2, 0.25) is 0 Å². The highest BCUT2D eigenvalue weighted by molar-refractivity contribution is 5.65. The molecule has 3 aliphatic carbocycles. The number of fused-ring (bicyclic) bond motifs is 2. The van der Waals surface area contributed by atoms with Gasteiger partial charge in [-0.2, -0.15) is 0 Å². The standard InChI is InChI=1S/C20H22F5N3O3/c1-7-14-12(18(30)26-19(31)28(14)9-2-3-9)11(17(22)23)13(21)15(7)27-5-8-4-20(24,25)16(29)10(8)6-27/h8-10,13,15-17,29H,2-6H2,1H3,(H,26,30,31). The number of aromatic nitrogens is 2. The van der Waals surface area contributed by atoms with Crippen LogP contribution in [0.3, 0.4) is 0 Å². The molecule has 1 saturated heterocycles. The fraction of sp³-hybridized carbons (Fsp3) is 0.700. The number of aliphatic hydroxyl groups excluding tert-OH is 1. The second-order valence-electron chi connectivity index (χ2n) is 9.16. The number of alkyl halides is 5. The van der Waals surface area contributed by atoms with Gasteiger partial charge in [-0.05, 0) is 31.3 Å². The highest BCUT2D eigenvalue weighted by atomic mass is 19.3. The smallest absolute Gasteiger partial charge is 0.329 e. The topological polar surface area (TPSA) is 78.3 Å². The minimum Gasteiger partial charge on any atom is -0.387 e. The number of aromatic amines is 1. The third kappa shape index (κ3) is 2.95. The fourth-order valence-electron chi connectivity index (χ4n) is 5.76. The third-order valence-corrected chi connectivity index (χ3v) is 7.26. The van der Waals surface area contributed by atoms with Gasteiger partial charge in [-0.25, -0.2) is 26.7 Å². The Kier molecular flexibility index (Phi) is 4.54. The first-order valence-electron chi connectivity index (χ1n) is 10.3. The van der Waals surface area contributed by atoms with E-state index in [2.05, 4.69) is 0 Å². The number of nitrogens with zero attached hydrogens (tertiary/aromatic N) is 2. The largest absolute Gasteiger partial charge is 0.387 e. The van der Waals surface area contributed by atoms with E-state index < -0.39 is 71.0 Å². The van der Waals surface area contributed by atoms with Crippen molar-refractivity contribution < 1.29 is 27.1 Å². The summed E-state index contributed by atoms with van der Waals surface area (Å²) < 4.78 is 72.5. The molecular weight excluding hydrogens is 425 g/mol. The lowest BCUT2D eigenvalue weighted by Crippen LogP contribution is -2.62. The molecule has 170 valence electrons. The monoisotopic (exact) mass is 447 g/mol. The summed E-state index contributed by atoms with van der Waals surface area (Å²) in [5.74, 6) is -4.61. The van der Waals surface area contributed by atoms with E-state index in [1.54, 1.807) is 0 Å². The summed E-state index contributed by atoms with van der Waals surface area (Å²) >= 11 is 0. The summed E-state index contributed by atoms with van der Waals surface area (Å²) in [4.78, 5) is 28.5. The number of rotatable bonds is 3. The second kappa shape index (κ2) is 6.74. The lowest BCUT2D eigenvalue weighted by atomic mass is 9.89. The van der Waals surface area contributed by atoms with Crippen LogP contribution in [-0.2, 0) is 0 Å². The normalized spacial score (nSPS) is 35.0. The van der Waals surface area contributed by atoms with Crippen LogP contribution in [0.4, 0.5) is 22.0 Å². The van der Waals surface area contributed by atoms with Crippen molar-refractivity contribution in [2.75, 3.05) is 13.1 Å². The zero-order valence-corrected chi connectivity index (χ0v) is 16.6. The van der Waals surface area contributed by atoms with Gasteiger partial charge in [-0.3, -0.25) is 19.2 Å². The summed E-state index contributed by atoms with van der Waals surface area (Å²) in [6, 6.07) is -1.49. The summed E-state index contributed by atoms with van der Waals surface area (Å²) in [7, 11) is 0. The molecule has 5 unspecified atom stereocenters. The summed E-state index contributed by atoms with van der Waals surface area (Å²) in [5.41, 5.74) is -2.52. The van der Waals surface area contributed by atoms with Crippen LogP contribution in [0, 0.1) is 11.8 Å². The van der Waals surface area contributed by atoms with Crippen molar-refractivity contribution >= 4 is 11.1 Å². The molecule has 1 aromatic heterocycles. The van der Waals surface area contributed by atoms with Gasteiger partial charge < -0.3 is 5.11 Å². The molecule has 2 saturated carbocycles. The number of likely N-dealkylation sites (tertiary alicyclic amines) is 1. The molecule has 3 fully saturated rings. The van der Waals surface area contributed by atoms with Gasteiger partial charge in [0.15, 0.2) is 0 Å². The Hall–Kier alpha value is -2.01. The van der Waals surface area contributed by atoms with E-state index in [9.17, 15) is 32.3 Å². The second-order valence-corrected chi connectivity index (χ2v) is 9.16. The average Bonchev–Trinajstić information content (AvgIpc) is 3.38. The first kappa shape index (κ1) is 20.9. The van der Waals surface area contributed by atoms with Crippen LogP contribution >= 0.6 is 0 Å². The van der Waals surface area contributed by atoms with Crippen molar-refractivity contribution in [2.24, 2.45) is 11.8 Å². The lowest BCUT2D eigenvalue weighted by Gasteiger charge is -2.36. The van der Waals surface area contributed by atoms with Gasteiger partial charge >= 0.3 is 5.69 Å². The lowest BCUT2D eigenvalue weighted by molar-refractivity contribution is -0.101. The zero-order chi connectivity index (χ0) is 22.4. The molecule has 0 bridgehead atoms. The van der Waals surface area contributed by atoms with Crippen molar-refractivity contribution in [1.29, 1.82) is 0 Å². The van der Waals surface area contributed by atoms with E-state index in [0.717, 1.165) is 0 Å². The Morgan fingerprint density at radius 2 is 1.87 bits per heavy atom.